The molecule has 194 valence electrons. The number of ether oxygens (including phenoxy) is 1. The van der Waals surface area contributed by atoms with Crippen molar-refractivity contribution < 1.29 is 21.9 Å². The molecule has 1 aliphatic carbocycles. The third kappa shape index (κ3) is 4.81. The molecule has 1 aliphatic heterocycles. The van der Waals surface area contributed by atoms with Gasteiger partial charge >= 0.3 is 6.01 Å². The molecule has 6 rings (SSSR count). The molecule has 1 saturated carbocycles. The summed E-state index contributed by atoms with van der Waals surface area (Å²) in [5, 5.41) is 10.5. The number of aromatic amines is 2. The SMILES string of the molecule is CS(=O)(=O)N1CCN(c2cc(Nc3cc(C4CC4)[nH]n3)nc(Oc3cc(F)c4[nH]ccc4c3F)n2)CC1. The van der Waals surface area contributed by atoms with E-state index in [9.17, 15) is 12.8 Å². The molecule has 14 heteroatoms. The van der Waals surface area contributed by atoms with E-state index in [1.807, 2.05) is 11.0 Å². The molecule has 1 saturated heterocycles. The lowest BCUT2D eigenvalue weighted by atomic mass is 10.2. The van der Waals surface area contributed by atoms with Gasteiger partial charge in [0, 0.05) is 67.6 Å². The van der Waals surface area contributed by atoms with Gasteiger partial charge in [0.1, 0.15) is 11.6 Å². The molecule has 4 heterocycles. The third-order valence-corrected chi connectivity index (χ3v) is 7.80. The maximum atomic E-state index is 15.0. The van der Waals surface area contributed by atoms with Crippen molar-refractivity contribution in [2.45, 2.75) is 18.8 Å². The van der Waals surface area contributed by atoms with Gasteiger partial charge in [0.15, 0.2) is 23.2 Å². The van der Waals surface area contributed by atoms with E-state index in [0.29, 0.717) is 36.5 Å². The highest BCUT2D eigenvalue weighted by atomic mass is 32.2. The summed E-state index contributed by atoms with van der Waals surface area (Å²) in [6.45, 7) is 1.34. The van der Waals surface area contributed by atoms with Crippen molar-refractivity contribution in [3.8, 4) is 11.8 Å². The summed E-state index contributed by atoms with van der Waals surface area (Å²) in [5.41, 5.74) is 1.07. The lowest BCUT2D eigenvalue weighted by Gasteiger charge is -2.34. The minimum atomic E-state index is -3.31. The van der Waals surface area contributed by atoms with Crippen LogP contribution in [0.1, 0.15) is 24.5 Å². The molecule has 11 nitrogen and oxygen atoms in total. The molecule has 1 aromatic carbocycles. The van der Waals surface area contributed by atoms with E-state index < -0.39 is 21.7 Å². The largest absolute Gasteiger partial charge is 0.421 e. The topological polar surface area (TPSA) is 132 Å². The fourth-order valence-corrected chi connectivity index (χ4v) is 5.20. The van der Waals surface area contributed by atoms with Crippen LogP contribution in [0.25, 0.3) is 10.9 Å². The Morgan fingerprint density at radius 1 is 1.08 bits per heavy atom. The van der Waals surface area contributed by atoms with Crippen molar-refractivity contribution in [3.63, 3.8) is 0 Å². The van der Waals surface area contributed by atoms with E-state index >= 15 is 4.39 Å². The van der Waals surface area contributed by atoms with Crippen LogP contribution in [0.5, 0.6) is 11.8 Å². The van der Waals surface area contributed by atoms with Gasteiger partial charge in [-0.2, -0.15) is 19.4 Å². The molecule has 2 fully saturated rings. The molecular weight excluding hydrogens is 506 g/mol. The maximum absolute atomic E-state index is 15.0. The van der Waals surface area contributed by atoms with Gasteiger partial charge in [0.05, 0.1) is 11.8 Å². The van der Waals surface area contributed by atoms with Crippen LogP contribution in [-0.2, 0) is 10.0 Å². The second-order valence-corrected chi connectivity index (χ2v) is 11.2. The second kappa shape index (κ2) is 8.95. The quantitative estimate of drug-likeness (QED) is 0.331. The standard InChI is InChI=1S/C23H24F2N8O3S/c1-37(34,35)33-8-6-32(7-9-33)20-12-18(27-19-11-16(30-31-19)13-2-3-13)28-23(29-20)36-17-10-15(24)22-14(21(17)25)4-5-26-22/h4-5,10-13,26H,2-3,6-9H2,1H3,(H2,27,28,29,30,31). The summed E-state index contributed by atoms with van der Waals surface area (Å²) >= 11 is 0. The Bertz CT molecular complexity index is 1580. The van der Waals surface area contributed by atoms with Gasteiger partial charge < -0.3 is 19.9 Å². The number of aromatic nitrogens is 5. The molecule has 0 spiro atoms. The minimum Gasteiger partial charge on any atom is -0.421 e. The van der Waals surface area contributed by atoms with Crippen molar-refractivity contribution in [1.82, 2.24) is 29.5 Å². The van der Waals surface area contributed by atoms with E-state index in [1.165, 1.54) is 22.8 Å². The van der Waals surface area contributed by atoms with E-state index in [1.54, 1.807) is 6.07 Å². The Kier molecular flexibility index (Phi) is 5.71. The Morgan fingerprint density at radius 3 is 2.59 bits per heavy atom. The average Bonchev–Trinajstić information content (AvgIpc) is 3.39. The molecule has 2 aliphatic rings. The van der Waals surface area contributed by atoms with Crippen molar-refractivity contribution >= 4 is 38.4 Å². The zero-order valence-corrected chi connectivity index (χ0v) is 20.6. The first-order chi connectivity index (χ1) is 17.7. The third-order valence-electron chi connectivity index (χ3n) is 6.49. The summed E-state index contributed by atoms with van der Waals surface area (Å²) in [6.07, 6.45) is 4.85. The number of sulfonamides is 1. The number of halogens is 2. The normalized spacial score (nSPS) is 16.9. The molecule has 3 N–H and O–H groups in total. The number of anilines is 3. The number of H-pyrrole nitrogens is 2. The fourth-order valence-electron chi connectivity index (χ4n) is 4.37. The Labute approximate surface area is 210 Å². The molecule has 37 heavy (non-hydrogen) atoms. The number of nitrogens with zero attached hydrogens (tertiary/aromatic N) is 5. The van der Waals surface area contributed by atoms with Gasteiger partial charge in [0.2, 0.25) is 10.0 Å². The van der Waals surface area contributed by atoms with Crippen LogP contribution in [0.15, 0.2) is 30.5 Å². The van der Waals surface area contributed by atoms with Gasteiger partial charge in [-0.05, 0) is 18.9 Å². The Morgan fingerprint density at radius 2 is 1.86 bits per heavy atom. The molecule has 0 radical (unpaired) electrons. The Balaban J connectivity index is 1.32. The molecule has 3 aromatic heterocycles. The van der Waals surface area contributed by atoms with Crippen LogP contribution < -0.4 is 15.0 Å². The van der Waals surface area contributed by atoms with Crippen molar-refractivity contribution in [2.24, 2.45) is 0 Å². The maximum Gasteiger partial charge on any atom is 0.326 e. The van der Waals surface area contributed by atoms with E-state index in [-0.39, 0.29) is 35.8 Å². The monoisotopic (exact) mass is 530 g/mol. The predicted octanol–water partition coefficient (Wildman–Crippen LogP) is 3.45. The molecule has 0 atom stereocenters. The second-order valence-electron chi connectivity index (χ2n) is 9.19. The van der Waals surface area contributed by atoms with E-state index in [2.05, 4.69) is 30.5 Å². The first kappa shape index (κ1) is 23.6. The average molecular weight is 531 g/mol. The number of benzene rings is 1. The number of hydrogen-bond acceptors (Lipinski definition) is 8. The van der Waals surface area contributed by atoms with Crippen LogP contribution in [0.4, 0.5) is 26.2 Å². The predicted molar refractivity (Wildman–Crippen MR) is 133 cm³/mol. The smallest absolute Gasteiger partial charge is 0.326 e. The highest BCUT2D eigenvalue weighted by Gasteiger charge is 2.27. The van der Waals surface area contributed by atoms with Gasteiger partial charge in [-0.3, -0.25) is 5.10 Å². The molecule has 0 unspecified atom stereocenters. The summed E-state index contributed by atoms with van der Waals surface area (Å²) in [4.78, 5) is 13.3. The first-order valence-corrected chi connectivity index (χ1v) is 13.6. The number of rotatable bonds is 7. The van der Waals surface area contributed by atoms with Gasteiger partial charge in [0.25, 0.3) is 0 Å². The van der Waals surface area contributed by atoms with Crippen molar-refractivity contribution in [3.05, 3.63) is 47.8 Å². The van der Waals surface area contributed by atoms with E-state index in [0.717, 1.165) is 24.6 Å². The minimum absolute atomic E-state index is 0.0376. The highest BCUT2D eigenvalue weighted by molar-refractivity contribution is 7.88. The zero-order chi connectivity index (χ0) is 25.7. The first-order valence-electron chi connectivity index (χ1n) is 11.8. The Hall–Kier alpha value is -3.78. The summed E-state index contributed by atoms with van der Waals surface area (Å²) in [5.74, 6) is 0.0347. The fraction of sp³-hybridized carbons (Fsp3) is 0.348. The highest BCUT2D eigenvalue weighted by Crippen LogP contribution is 2.40. The number of fused-ring (bicyclic) bond motifs is 1. The van der Waals surface area contributed by atoms with Crippen molar-refractivity contribution in [2.75, 3.05) is 42.7 Å². The lowest BCUT2D eigenvalue weighted by Crippen LogP contribution is -2.48. The van der Waals surface area contributed by atoms with Crippen molar-refractivity contribution in [1.29, 1.82) is 0 Å². The number of piperazine rings is 1. The molecule has 4 aromatic rings. The number of hydrogen-bond donors (Lipinski definition) is 3. The number of nitrogens with one attached hydrogen (secondary N) is 3. The van der Waals surface area contributed by atoms with Gasteiger partial charge in [-0.25, -0.2) is 17.2 Å². The van der Waals surface area contributed by atoms with Gasteiger partial charge in [-0.15, -0.1) is 0 Å². The van der Waals surface area contributed by atoms with Crippen LogP contribution >= 0.6 is 0 Å². The summed E-state index contributed by atoms with van der Waals surface area (Å²) < 4.78 is 60.4. The lowest BCUT2D eigenvalue weighted by molar-refractivity contribution is 0.383. The molecular formula is C23H24F2N8O3S. The van der Waals surface area contributed by atoms with Crippen LogP contribution in [0.3, 0.4) is 0 Å². The van der Waals surface area contributed by atoms with Gasteiger partial charge in [-0.1, -0.05) is 0 Å². The summed E-state index contributed by atoms with van der Waals surface area (Å²) in [6, 6.07) is 5.75. The van der Waals surface area contributed by atoms with Crippen LogP contribution in [0, 0.1) is 11.6 Å². The van der Waals surface area contributed by atoms with Crippen LogP contribution in [-0.4, -0.2) is 70.3 Å². The van der Waals surface area contributed by atoms with E-state index in [4.69, 9.17) is 4.74 Å². The molecule has 0 bridgehead atoms. The zero-order valence-electron chi connectivity index (χ0n) is 19.8. The summed E-state index contributed by atoms with van der Waals surface area (Å²) in [7, 11) is -3.31. The molecule has 0 amide bonds. The van der Waals surface area contributed by atoms with Crippen LogP contribution in [0.2, 0.25) is 0 Å².